The predicted molar refractivity (Wildman–Crippen MR) is 239 cm³/mol. The molecule has 0 unspecified atom stereocenters. The molecule has 0 fully saturated rings. The Kier molecular flexibility index (Phi) is 10.7. The van der Waals surface area contributed by atoms with Crippen LogP contribution in [0.2, 0.25) is 0 Å². The van der Waals surface area contributed by atoms with E-state index in [1.165, 1.54) is 80.7 Å². The molecule has 0 heterocycles. The maximum absolute atomic E-state index is 4.56. The van der Waals surface area contributed by atoms with Crippen LogP contribution >= 0.6 is 20.1 Å². The molecule has 0 amide bonds. The van der Waals surface area contributed by atoms with Gasteiger partial charge in [0.25, 0.3) is 0 Å². The summed E-state index contributed by atoms with van der Waals surface area (Å²) in [7, 11) is -2.92. The Morgan fingerprint density at radius 1 is 0.451 bits per heavy atom. The Morgan fingerprint density at radius 2 is 0.765 bits per heavy atom. The molecule has 51 heavy (non-hydrogen) atoms. The Hall–Kier alpha value is -3.56. The topological polar surface area (TPSA) is 0 Å². The normalized spacial score (nSPS) is 13.0. The monoisotopic (exact) mass is 712 g/mol. The quantitative estimate of drug-likeness (QED) is 0.121. The largest absolute Gasteiger partial charge is 0.150 e. The maximum Gasteiger partial charge on any atom is 0.0412 e. The predicted octanol–water partition coefficient (Wildman–Crippen LogP) is 14.8. The minimum atomic E-state index is -1.46. The lowest BCUT2D eigenvalue weighted by atomic mass is 9.86. The van der Waals surface area contributed by atoms with Crippen molar-refractivity contribution in [2.24, 2.45) is 0 Å². The van der Waals surface area contributed by atoms with Gasteiger partial charge in [0, 0.05) is 11.1 Å². The molecule has 0 saturated carbocycles. The van der Waals surface area contributed by atoms with E-state index in [-0.39, 0.29) is 0 Å². The van der Waals surface area contributed by atoms with Crippen molar-refractivity contribution in [2.45, 2.75) is 125 Å². The highest BCUT2D eigenvalue weighted by molar-refractivity contribution is 8.41. The molecule has 0 radical (unpaired) electrons. The van der Waals surface area contributed by atoms with E-state index in [9.17, 15) is 0 Å². The minimum absolute atomic E-state index is 0.398. The van der Waals surface area contributed by atoms with Gasteiger partial charge in [0.1, 0.15) is 0 Å². The highest BCUT2D eigenvalue weighted by Gasteiger charge is 2.32. The van der Waals surface area contributed by atoms with E-state index in [4.69, 9.17) is 0 Å². The van der Waals surface area contributed by atoms with Crippen LogP contribution in [-0.2, 0) is 0 Å². The summed E-state index contributed by atoms with van der Waals surface area (Å²) in [5.41, 5.74) is 8.72. The van der Waals surface area contributed by atoms with Gasteiger partial charge in [0.15, 0.2) is 0 Å². The Bertz CT molecular complexity index is 2370. The second-order valence-electron chi connectivity index (χ2n) is 15.9. The minimum Gasteiger partial charge on any atom is -0.150 e. The first kappa shape index (κ1) is 38.7. The van der Waals surface area contributed by atoms with Crippen LogP contribution in [0.4, 0.5) is 0 Å². The zero-order valence-electron chi connectivity index (χ0n) is 34.1. The fourth-order valence-corrected chi connectivity index (χ4v) is 15.9. The van der Waals surface area contributed by atoms with Gasteiger partial charge >= 0.3 is 0 Å². The highest BCUT2D eigenvalue weighted by Crippen LogP contribution is 2.62. The zero-order chi connectivity index (χ0) is 37.9. The van der Waals surface area contributed by atoms with Crippen LogP contribution < -0.4 is 0 Å². The van der Waals surface area contributed by atoms with Gasteiger partial charge in [-0.1, -0.05) is 98.6 Å². The molecule has 0 aromatic heterocycles. The van der Waals surface area contributed by atoms with Crippen molar-refractivity contribution >= 4 is 63.1 Å². The lowest BCUT2D eigenvalue weighted by molar-refractivity contribution is 1.02. The molecule has 2 heteroatoms. The molecule has 0 saturated heterocycles. The van der Waals surface area contributed by atoms with Crippen molar-refractivity contribution < 1.29 is 0 Å². The lowest BCUT2D eigenvalue weighted by Crippen LogP contribution is -2.20. The fraction of sp³-hybridized carbons (Fsp3) is 0.388. The Morgan fingerprint density at radius 3 is 1.08 bits per heavy atom. The van der Waals surface area contributed by atoms with Gasteiger partial charge < -0.3 is 0 Å². The summed E-state index contributed by atoms with van der Waals surface area (Å²) < 4.78 is 0. The van der Waals surface area contributed by atoms with Gasteiger partial charge in [0.05, 0.1) is 0 Å². The van der Waals surface area contributed by atoms with Gasteiger partial charge in [-0.2, -0.15) is 0 Å². The molecule has 0 bridgehead atoms. The van der Waals surface area contributed by atoms with Gasteiger partial charge in [0.2, 0.25) is 0 Å². The number of aryl methyl sites for hydroxylation is 5. The first-order chi connectivity index (χ1) is 23.8. The van der Waals surface area contributed by atoms with E-state index in [2.05, 4.69) is 182 Å². The molecule has 268 valence electrons. The van der Waals surface area contributed by atoms with Crippen LogP contribution in [0.25, 0.3) is 43.1 Å². The van der Waals surface area contributed by atoms with Crippen LogP contribution in [0.1, 0.15) is 108 Å². The molecule has 0 aliphatic rings. The van der Waals surface area contributed by atoms with Gasteiger partial charge in [-0.25, -0.2) is 0 Å². The summed E-state index contributed by atoms with van der Waals surface area (Å²) >= 11 is 0. The van der Waals surface area contributed by atoms with E-state index in [0.717, 1.165) is 11.1 Å². The lowest BCUT2D eigenvalue weighted by Gasteiger charge is -2.43. The summed E-state index contributed by atoms with van der Waals surface area (Å²) in [5.74, 6) is 7.90. The number of allylic oxidation sites excluding steroid dienone is 2. The molecule has 0 aliphatic heterocycles. The molecular formula is C49H60S2. The Labute approximate surface area is 313 Å². The number of hydrogen-bond acceptors (Lipinski definition) is 0. The molecule has 5 aromatic rings. The summed E-state index contributed by atoms with van der Waals surface area (Å²) in [6.07, 6.45) is 0. The van der Waals surface area contributed by atoms with Crippen molar-refractivity contribution in [3.05, 3.63) is 104 Å². The van der Waals surface area contributed by atoms with E-state index in [1.807, 2.05) is 0 Å². The zero-order valence-corrected chi connectivity index (χ0v) is 35.7. The average Bonchev–Trinajstić information content (AvgIpc) is 3.04. The van der Waals surface area contributed by atoms with Gasteiger partial charge in [-0.05, 0) is 185 Å². The fourth-order valence-electron chi connectivity index (χ4n) is 8.64. The molecule has 0 spiro atoms. The Balaban J connectivity index is 2.15. The molecular weight excluding hydrogens is 653 g/mol. The van der Waals surface area contributed by atoms with Gasteiger partial charge in [-0.3, -0.25) is 0 Å². The van der Waals surface area contributed by atoms with Crippen LogP contribution in [0.5, 0.6) is 0 Å². The molecule has 0 atom stereocenters. The standard InChI is InChI=1S/C49H60S2/c1-29(2)50(30(3)4,31(5)6)22-20-40-46-25-42-35(13)18-19-36(14)43(42)26-47(46)41(21-23-51(32(7)8,33(9)10)34(11)12)49-28-45-39(17)37(15)24-38(16)44(45)27-48(40)49/h18-19,24-28,30-31,33-34H,1,7H2,2-6,8-17H3. The van der Waals surface area contributed by atoms with Crippen LogP contribution in [-0.4, -0.2) is 21.0 Å². The third-order valence-electron chi connectivity index (χ3n) is 11.5. The summed E-state index contributed by atoms with van der Waals surface area (Å²) in [4.78, 5) is 2.42. The van der Waals surface area contributed by atoms with E-state index in [1.54, 1.807) is 0 Å². The number of benzene rings is 5. The summed E-state index contributed by atoms with van der Waals surface area (Å²) in [6.45, 7) is 43.3. The van der Waals surface area contributed by atoms with E-state index in [0.29, 0.717) is 21.0 Å². The third-order valence-corrected chi connectivity index (χ3v) is 20.6. The van der Waals surface area contributed by atoms with Crippen molar-refractivity contribution in [3.63, 3.8) is 0 Å². The van der Waals surface area contributed by atoms with E-state index < -0.39 is 20.1 Å². The number of fused-ring (bicyclic) bond motifs is 4. The van der Waals surface area contributed by atoms with Crippen LogP contribution in [0.15, 0.2) is 65.4 Å². The highest BCUT2D eigenvalue weighted by atomic mass is 32.3. The third kappa shape index (κ3) is 6.22. The van der Waals surface area contributed by atoms with Crippen molar-refractivity contribution in [2.75, 3.05) is 0 Å². The van der Waals surface area contributed by atoms with Crippen LogP contribution in [0.3, 0.4) is 0 Å². The molecule has 5 aromatic carbocycles. The first-order valence-corrected chi connectivity index (χ1v) is 22.2. The van der Waals surface area contributed by atoms with E-state index >= 15 is 0 Å². The first-order valence-electron chi connectivity index (χ1n) is 18.6. The van der Waals surface area contributed by atoms with Gasteiger partial charge in [-0.15, -0.1) is 20.1 Å². The number of hydrogen-bond donors (Lipinski definition) is 0. The molecule has 0 aliphatic carbocycles. The molecule has 5 rings (SSSR count). The molecule has 0 N–H and O–H groups in total. The SMILES string of the molecule is C=C(C)S(C#Cc1c2cc3c(C)ccc(C)c3cc2c(C#CS(C(=C)C)(C(C)C)C(C)C)c2cc3c(C)c(C)cc(C)c3cc12)(C(C)C)C(C)C. The average molecular weight is 713 g/mol. The molecule has 0 nitrogen and oxygen atoms in total. The maximum atomic E-state index is 4.56. The summed E-state index contributed by atoms with van der Waals surface area (Å²) in [5, 5.41) is 19.5. The van der Waals surface area contributed by atoms with Crippen LogP contribution in [0, 0.1) is 57.0 Å². The summed E-state index contributed by atoms with van der Waals surface area (Å²) in [6, 6.07) is 16.6. The van der Waals surface area contributed by atoms with Crippen molar-refractivity contribution in [1.29, 1.82) is 0 Å². The second kappa shape index (κ2) is 14.1. The van der Waals surface area contributed by atoms with Crippen molar-refractivity contribution in [1.82, 2.24) is 0 Å². The number of rotatable bonds is 6. The van der Waals surface area contributed by atoms with Crippen molar-refractivity contribution in [3.8, 4) is 22.3 Å². The second-order valence-corrected chi connectivity index (χ2v) is 24.4. The smallest absolute Gasteiger partial charge is 0.0412 e.